The Morgan fingerprint density at radius 3 is 2.52 bits per heavy atom. The molecule has 1 rings (SSSR count). The molecule has 0 radical (unpaired) electrons. The predicted octanol–water partition coefficient (Wildman–Crippen LogP) is -0.356. The van der Waals surface area contributed by atoms with Crippen molar-refractivity contribution >= 4 is 27.4 Å². The first kappa shape index (κ1) is 16.9. The summed E-state index contributed by atoms with van der Waals surface area (Å²) in [5.41, 5.74) is 10.2. The first-order chi connectivity index (χ1) is 9.66. The number of carbonyl (C=O) groups is 1. The van der Waals surface area contributed by atoms with E-state index in [1.54, 1.807) is 6.92 Å². The van der Waals surface area contributed by atoms with Gasteiger partial charge < -0.3 is 21.9 Å². The molecule has 6 N–H and O–H groups in total. The predicted molar refractivity (Wildman–Crippen MR) is 79.6 cm³/mol. The van der Waals surface area contributed by atoms with Crippen LogP contribution < -0.4 is 16.8 Å². The summed E-state index contributed by atoms with van der Waals surface area (Å²) >= 11 is 0. The molecule has 0 aliphatic carbocycles. The van der Waals surface area contributed by atoms with Gasteiger partial charge in [-0.05, 0) is 18.6 Å². The summed E-state index contributed by atoms with van der Waals surface area (Å²) in [5.74, 6) is -1.24. The van der Waals surface area contributed by atoms with Gasteiger partial charge >= 0.3 is 0 Å². The maximum Gasteiger partial charge on any atom is 0.282 e. The van der Waals surface area contributed by atoms with E-state index in [1.165, 1.54) is 18.2 Å². The van der Waals surface area contributed by atoms with Crippen LogP contribution in [-0.2, 0) is 9.84 Å². The highest BCUT2D eigenvalue weighted by Crippen LogP contribution is 2.27. The van der Waals surface area contributed by atoms with Crippen LogP contribution in [0.1, 0.15) is 23.7 Å². The van der Waals surface area contributed by atoms with E-state index >= 15 is 0 Å². The number of hydrogen-bond acceptors (Lipinski definition) is 5. The third-order valence-corrected chi connectivity index (χ3v) is 3.72. The summed E-state index contributed by atoms with van der Waals surface area (Å²) in [5, 5.41) is 12.3. The van der Waals surface area contributed by atoms with Gasteiger partial charge in [0.25, 0.3) is 5.91 Å². The minimum atomic E-state index is -3.61. The molecular formula is C12H18N4O4S. The summed E-state index contributed by atoms with van der Waals surface area (Å²) < 4.78 is 23.6. The van der Waals surface area contributed by atoms with E-state index in [0.717, 1.165) is 6.26 Å². The van der Waals surface area contributed by atoms with E-state index in [0.29, 0.717) is 6.42 Å². The Morgan fingerprint density at radius 2 is 2.05 bits per heavy atom. The van der Waals surface area contributed by atoms with E-state index in [2.05, 4.69) is 10.3 Å². The number of anilines is 1. The number of amides is 1. The number of benzene rings is 1. The Morgan fingerprint density at radius 1 is 1.43 bits per heavy atom. The molecule has 1 aromatic carbocycles. The Bertz CT molecular complexity index is 666. The van der Waals surface area contributed by atoms with Crippen LogP contribution in [0.3, 0.4) is 0 Å². The quantitative estimate of drug-likeness (QED) is 0.329. The number of carbonyl (C=O) groups excluding carboxylic acids is 1. The molecule has 0 saturated heterocycles. The fraction of sp³-hybridized carbons (Fsp3) is 0.333. The molecule has 1 unspecified atom stereocenters. The van der Waals surface area contributed by atoms with Crippen LogP contribution in [-0.4, -0.2) is 37.9 Å². The van der Waals surface area contributed by atoms with Crippen LogP contribution in [0.15, 0.2) is 28.1 Å². The second-order valence-corrected chi connectivity index (χ2v) is 6.35. The number of aliphatic imine (C=N–C) groups is 1. The molecule has 0 aromatic heterocycles. The molecule has 8 nitrogen and oxygen atoms in total. The van der Waals surface area contributed by atoms with Gasteiger partial charge in [0, 0.05) is 6.26 Å². The number of aliphatic hydroxyl groups is 1. The second kappa shape index (κ2) is 6.55. The molecule has 9 heteroatoms. The average Bonchev–Trinajstić information content (AvgIpc) is 2.36. The SMILES string of the molecule is CCC(O)Nc1c(C(=O)N=C(N)N)cccc1S(C)(=O)=O. The normalized spacial score (nSPS) is 12.5. The number of aliphatic hydroxyl groups excluding tert-OH is 1. The van der Waals surface area contributed by atoms with E-state index in [-0.39, 0.29) is 16.1 Å². The van der Waals surface area contributed by atoms with Crippen LogP contribution in [0.2, 0.25) is 0 Å². The monoisotopic (exact) mass is 314 g/mol. The number of para-hydroxylation sites is 1. The lowest BCUT2D eigenvalue weighted by Gasteiger charge is -2.17. The van der Waals surface area contributed by atoms with E-state index in [1.807, 2.05) is 0 Å². The number of sulfone groups is 1. The Balaban J connectivity index is 3.50. The molecule has 0 spiro atoms. The summed E-state index contributed by atoms with van der Waals surface area (Å²) in [6.45, 7) is 1.69. The van der Waals surface area contributed by atoms with Gasteiger partial charge in [-0.25, -0.2) is 8.42 Å². The number of nitrogens with one attached hydrogen (secondary N) is 1. The molecule has 1 amide bonds. The molecule has 0 saturated carbocycles. The van der Waals surface area contributed by atoms with Crippen LogP contribution in [0.4, 0.5) is 5.69 Å². The van der Waals surface area contributed by atoms with Gasteiger partial charge in [-0.1, -0.05) is 13.0 Å². The summed E-state index contributed by atoms with van der Waals surface area (Å²) in [4.78, 5) is 15.2. The minimum absolute atomic E-state index is 0.0237. The number of nitrogens with zero attached hydrogens (tertiary/aromatic N) is 1. The van der Waals surface area contributed by atoms with Gasteiger partial charge in [0.05, 0.1) is 16.1 Å². The number of guanidine groups is 1. The molecule has 0 aliphatic heterocycles. The zero-order valence-corrected chi connectivity index (χ0v) is 12.5. The average molecular weight is 314 g/mol. The van der Waals surface area contributed by atoms with Crippen molar-refractivity contribution in [2.45, 2.75) is 24.5 Å². The standard InChI is InChI=1S/C12H18N4O4S/c1-3-9(17)15-10-7(11(18)16-12(13)14)5-4-6-8(10)21(2,19)20/h4-6,9,15,17H,3H2,1-2H3,(H4,13,14,16,18). The molecule has 21 heavy (non-hydrogen) atoms. The van der Waals surface area contributed by atoms with Crippen LogP contribution in [0.5, 0.6) is 0 Å². The van der Waals surface area contributed by atoms with E-state index in [9.17, 15) is 18.3 Å². The van der Waals surface area contributed by atoms with Crippen LogP contribution in [0.25, 0.3) is 0 Å². The Kier molecular flexibility index (Phi) is 5.28. The maximum absolute atomic E-state index is 12.0. The van der Waals surface area contributed by atoms with Gasteiger partial charge in [0.1, 0.15) is 6.23 Å². The van der Waals surface area contributed by atoms with Gasteiger partial charge in [-0.3, -0.25) is 4.79 Å². The van der Waals surface area contributed by atoms with Gasteiger partial charge in [-0.15, -0.1) is 0 Å². The van der Waals surface area contributed by atoms with Gasteiger partial charge in [0.15, 0.2) is 15.8 Å². The van der Waals surface area contributed by atoms with Crippen molar-refractivity contribution in [2.24, 2.45) is 16.5 Å². The largest absolute Gasteiger partial charge is 0.374 e. The zero-order chi connectivity index (χ0) is 16.2. The molecule has 116 valence electrons. The molecule has 0 heterocycles. The van der Waals surface area contributed by atoms with Gasteiger partial charge in [0.2, 0.25) is 0 Å². The van der Waals surface area contributed by atoms with Crippen molar-refractivity contribution in [3.8, 4) is 0 Å². The van der Waals surface area contributed by atoms with Crippen molar-refractivity contribution in [3.05, 3.63) is 23.8 Å². The Labute approximate surface area is 122 Å². The van der Waals surface area contributed by atoms with Crippen LogP contribution in [0, 0.1) is 0 Å². The lowest BCUT2D eigenvalue weighted by atomic mass is 10.1. The van der Waals surface area contributed by atoms with Crippen molar-refractivity contribution in [3.63, 3.8) is 0 Å². The zero-order valence-electron chi connectivity index (χ0n) is 11.7. The third kappa shape index (κ3) is 4.43. The summed E-state index contributed by atoms with van der Waals surface area (Å²) in [6.07, 6.45) is 0.299. The highest BCUT2D eigenvalue weighted by molar-refractivity contribution is 7.90. The highest BCUT2D eigenvalue weighted by atomic mass is 32.2. The maximum atomic E-state index is 12.0. The van der Waals surface area contributed by atoms with Crippen molar-refractivity contribution < 1.29 is 18.3 Å². The Hall–Kier alpha value is -2.13. The molecular weight excluding hydrogens is 296 g/mol. The molecule has 1 atom stereocenters. The van der Waals surface area contributed by atoms with Gasteiger partial charge in [-0.2, -0.15) is 4.99 Å². The number of nitrogens with two attached hydrogens (primary N) is 2. The lowest BCUT2D eigenvalue weighted by Crippen LogP contribution is -2.25. The third-order valence-electron chi connectivity index (χ3n) is 2.58. The number of hydrogen-bond donors (Lipinski definition) is 4. The van der Waals surface area contributed by atoms with Crippen molar-refractivity contribution in [1.29, 1.82) is 0 Å². The van der Waals surface area contributed by atoms with E-state index < -0.39 is 27.9 Å². The summed E-state index contributed by atoms with van der Waals surface area (Å²) in [7, 11) is -3.61. The van der Waals surface area contributed by atoms with Crippen LogP contribution >= 0.6 is 0 Å². The molecule has 0 bridgehead atoms. The smallest absolute Gasteiger partial charge is 0.282 e. The topological polar surface area (TPSA) is 148 Å². The fourth-order valence-corrected chi connectivity index (χ4v) is 2.48. The molecule has 0 aliphatic rings. The fourth-order valence-electron chi connectivity index (χ4n) is 1.61. The van der Waals surface area contributed by atoms with Crippen molar-refractivity contribution in [1.82, 2.24) is 0 Å². The highest BCUT2D eigenvalue weighted by Gasteiger charge is 2.21. The second-order valence-electron chi connectivity index (χ2n) is 4.36. The summed E-state index contributed by atoms with van der Waals surface area (Å²) in [6, 6.07) is 4.09. The molecule has 0 fully saturated rings. The lowest BCUT2D eigenvalue weighted by molar-refractivity contribution is 0.100. The minimum Gasteiger partial charge on any atom is -0.374 e. The number of rotatable bonds is 5. The molecule has 1 aromatic rings. The van der Waals surface area contributed by atoms with E-state index in [4.69, 9.17) is 11.5 Å². The first-order valence-electron chi connectivity index (χ1n) is 6.08. The first-order valence-corrected chi connectivity index (χ1v) is 7.97. The van der Waals surface area contributed by atoms with Crippen molar-refractivity contribution in [2.75, 3.05) is 11.6 Å².